The molecule has 1 aromatic carbocycles. The Balaban J connectivity index is 2.29. The van der Waals surface area contributed by atoms with Gasteiger partial charge in [0.1, 0.15) is 5.75 Å². The Bertz CT molecular complexity index is 439. The molecular formula is C14H18O4. The second kappa shape index (κ2) is 4.98. The molecular weight excluding hydrogens is 232 g/mol. The Morgan fingerprint density at radius 2 is 2.28 bits per heavy atom. The van der Waals surface area contributed by atoms with Crippen LogP contribution in [0.3, 0.4) is 0 Å². The van der Waals surface area contributed by atoms with Crippen molar-refractivity contribution in [2.75, 3.05) is 20.3 Å². The first-order valence-electron chi connectivity index (χ1n) is 6.02. The van der Waals surface area contributed by atoms with Gasteiger partial charge < -0.3 is 14.6 Å². The average molecular weight is 250 g/mol. The molecule has 0 amide bonds. The fourth-order valence-corrected chi connectivity index (χ4v) is 2.27. The van der Waals surface area contributed by atoms with Crippen LogP contribution in [0.5, 0.6) is 5.75 Å². The van der Waals surface area contributed by atoms with Crippen molar-refractivity contribution >= 4 is 5.97 Å². The van der Waals surface area contributed by atoms with Crippen LogP contribution in [-0.4, -0.2) is 31.4 Å². The maximum atomic E-state index is 11.6. The topological polar surface area (TPSA) is 55.8 Å². The predicted molar refractivity (Wildman–Crippen MR) is 66.9 cm³/mol. The fourth-order valence-electron chi connectivity index (χ4n) is 2.27. The van der Waals surface area contributed by atoms with Gasteiger partial charge in [0.25, 0.3) is 0 Å². The SMILES string of the molecule is COc1cccc(C(C)(CC2COC2)C(=O)O)c1. The zero-order valence-corrected chi connectivity index (χ0v) is 10.7. The average Bonchev–Trinajstić information content (AvgIpc) is 2.33. The maximum absolute atomic E-state index is 11.6. The zero-order valence-electron chi connectivity index (χ0n) is 10.7. The van der Waals surface area contributed by atoms with E-state index in [1.165, 1.54) is 0 Å². The number of hydrogen-bond donors (Lipinski definition) is 1. The number of hydrogen-bond acceptors (Lipinski definition) is 3. The summed E-state index contributed by atoms with van der Waals surface area (Å²) in [5.41, 5.74) is -0.107. The molecule has 1 aliphatic rings. The van der Waals surface area contributed by atoms with E-state index in [1.807, 2.05) is 18.2 Å². The molecule has 98 valence electrons. The monoisotopic (exact) mass is 250 g/mol. The molecule has 0 radical (unpaired) electrons. The Labute approximate surface area is 107 Å². The van der Waals surface area contributed by atoms with Gasteiger partial charge in [0.15, 0.2) is 0 Å². The second-order valence-corrected chi connectivity index (χ2v) is 4.98. The summed E-state index contributed by atoms with van der Waals surface area (Å²) in [6, 6.07) is 7.29. The summed E-state index contributed by atoms with van der Waals surface area (Å²) in [4.78, 5) is 11.6. The van der Waals surface area contributed by atoms with Gasteiger partial charge in [-0.25, -0.2) is 0 Å². The molecule has 2 rings (SSSR count). The number of aliphatic carboxylic acids is 1. The second-order valence-electron chi connectivity index (χ2n) is 4.98. The number of rotatable bonds is 5. The van der Waals surface area contributed by atoms with Crippen molar-refractivity contribution in [2.24, 2.45) is 5.92 Å². The Morgan fingerprint density at radius 1 is 1.56 bits per heavy atom. The lowest BCUT2D eigenvalue weighted by Gasteiger charge is -2.34. The van der Waals surface area contributed by atoms with Crippen molar-refractivity contribution in [2.45, 2.75) is 18.8 Å². The predicted octanol–water partition coefficient (Wildman–Crippen LogP) is 2.07. The summed E-state index contributed by atoms with van der Waals surface area (Å²) in [6.45, 7) is 3.09. The Morgan fingerprint density at radius 3 is 2.78 bits per heavy atom. The Kier molecular flexibility index (Phi) is 3.57. The van der Waals surface area contributed by atoms with Crippen LogP contribution in [0.15, 0.2) is 24.3 Å². The molecule has 1 aromatic rings. The van der Waals surface area contributed by atoms with Gasteiger partial charge in [-0.3, -0.25) is 4.79 Å². The van der Waals surface area contributed by atoms with Crippen molar-refractivity contribution in [1.29, 1.82) is 0 Å². The van der Waals surface area contributed by atoms with Crippen LogP contribution in [0.1, 0.15) is 18.9 Å². The third-order valence-electron chi connectivity index (χ3n) is 3.58. The smallest absolute Gasteiger partial charge is 0.313 e. The van der Waals surface area contributed by atoms with Crippen molar-refractivity contribution in [3.8, 4) is 5.75 Å². The van der Waals surface area contributed by atoms with E-state index >= 15 is 0 Å². The number of carboxylic acid groups (broad SMARTS) is 1. The third kappa shape index (κ3) is 2.34. The van der Waals surface area contributed by atoms with Gasteiger partial charge in [0, 0.05) is 5.92 Å². The molecule has 1 aliphatic heterocycles. The molecule has 0 spiro atoms. The van der Waals surface area contributed by atoms with Crippen LogP contribution in [0.4, 0.5) is 0 Å². The number of methoxy groups -OCH3 is 1. The van der Waals surface area contributed by atoms with Gasteiger partial charge in [-0.1, -0.05) is 12.1 Å². The molecule has 1 unspecified atom stereocenters. The lowest BCUT2D eigenvalue weighted by atomic mass is 9.75. The molecule has 1 fully saturated rings. The molecule has 0 bridgehead atoms. The van der Waals surface area contributed by atoms with Crippen molar-refractivity contribution in [3.63, 3.8) is 0 Å². The highest BCUT2D eigenvalue weighted by Crippen LogP contribution is 2.35. The summed E-state index contributed by atoms with van der Waals surface area (Å²) in [5, 5.41) is 9.54. The minimum Gasteiger partial charge on any atom is -0.497 e. The highest BCUT2D eigenvalue weighted by atomic mass is 16.5. The zero-order chi connectivity index (χ0) is 13.2. The number of benzene rings is 1. The van der Waals surface area contributed by atoms with Gasteiger partial charge in [0.05, 0.1) is 25.7 Å². The largest absolute Gasteiger partial charge is 0.497 e. The van der Waals surface area contributed by atoms with Gasteiger partial charge in [-0.2, -0.15) is 0 Å². The summed E-state index contributed by atoms with van der Waals surface area (Å²) in [6.07, 6.45) is 0.593. The van der Waals surface area contributed by atoms with Crippen LogP contribution in [0.25, 0.3) is 0 Å². The molecule has 18 heavy (non-hydrogen) atoms. The molecule has 1 saturated heterocycles. The minimum absolute atomic E-state index is 0.331. The molecule has 1 atom stereocenters. The van der Waals surface area contributed by atoms with Crippen molar-refractivity contribution < 1.29 is 19.4 Å². The standard InChI is InChI=1S/C14H18O4/c1-14(13(15)16,7-10-8-18-9-10)11-4-3-5-12(6-11)17-2/h3-6,10H,7-9H2,1-2H3,(H,15,16). The molecule has 1 heterocycles. The van der Waals surface area contributed by atoms with E-state index in [4.69, 9.17) is 9.47 Å². The first kappa shape index (κ1) is 12.9. The van der Waals surface area contributed by atoms with Crippen molar-refractivity contribution in [3.05, 3.63) is 29.8 Å². The fraction of sp³-hybridized carbons (Fsp3) is 0.500. The lowest BCUT2D eigenvalue weighted by Crippen LogP contribution is -2.40. The maximum Gasteiger partial charge on any atom is 0.313 e. The van der Waals surface area contributed by atoms with Gasteiger partial charge in [-0.15, -0.1) is 0 Å². The van der Waals surface area contributed by atoms with Crippen LogP contribution in [0.2, 0.25) is 0 Å². The van der Waals surface area contributed by atoms with Gasteiger partial charge in [-0.05, 0) is 31.0 Å². The molecule has 4 heteroatoms. The number of carbonyl (C=O) groups is 1. The van der Waals surface area contributed by atoms with E-state index in [-0.39, 0.29) is 0 Å². The van der Waals surface area contributed by atoms with Crippen LogP contribution in [0, 0.1) is 5.92 Å². The highest BCUT2D eigenvalue weighted by molar-refractivity contribution is 5.81. The molecule has 1 N–H and O–H groups in total. The summed E-state index contributed by atoms with van der Waals surface area (Å²) in [5.74, 6) is 0.213. The first-order chi connectivity index (χ1) is 8.56. The van der Waals surface area contributed by atoms with E-state index in [0.717, 1.165) is 5.56 Å². The normalized spacial score (nSPS) is 18.8. The van der Waals surface area contributed by atoms with Crippen LogP contribution < -0.4 is 4.74 Å². The van der Waals surface area contributed by atoms with Crippen molar-refractivity contribution in [1.82, 2.24) is 0 Å². The third-order valence-corrected chi connectivity index (χ3v) is 3.58. The molecule has 0 aliphatic carbocycles. The van der Waals surface area contributed by atoms with Crippen LogP contribution in [-0.2, 0) is 14.9 Å². The minimum atomic E-state index is -0.886. The molecule has 0 saturated carbocycles. The quantitative estimate of drug-likeness (QED) is 0.869. The highest BCUT2D eigenvalue weighted by Gasteiger charge is 2.39. The summed E-state index contributed by atoms with van der Waals surface area (Å²) < 4.78 is 10.3. The summed E-state index contributed by atoms with van der Waals surface area (Å²) >= 11 is 0. The van der Waals surface area contributed by atoms with E-state index < -0.39 is 11.4 Å². The molecule has 0 aromatic heterocycles. The van der Waals surface area contributed by atoms with Gasteiger partial charge >= 0.3 is 5.97 Å². The van der Waals surface area contributed by atoms with E-state index in [0.29, 0.717) is 31.3 Å². The van der Waals surface area contributed by atoms with E-state index in [1.54, 1.807) is 20.1 Å². The molecule has 4 nitrogen and oxygen atoms in total. The van der Waals surface area contributed by atoms with Crippen LogP contribution >= 0.6 is 0 Å². The first-order valence-corrected chi connectivity index (χ1v) is 6.02. The van der Waals surface area contributed by atoms with Gasteiger partial charge in [0.2, 0.25) is 0 Å². The Hall–Kier alpha value is -1.55. The lowest BCUT2D eigenvalue weighted by molar-refractivity contribution is -0.145. The number of carboxylic acids is 1. The summed E-state index contributed by atoms with van der Waals surface area (Å²) in [7, 11) is 1.58. The van der Waals surface area contributed by atoms with E-state index in [9.17, 15) is 9.90 Å². The number of ether oxygens (including phenoxy) is 2. The van der Waals surface area contributed by atoms with E-state index in [2.05, 4.69) is 0 Å².